The molecule has 0 atom stereocenters. The van der Waals surface area contributed by atoms with Gasteiger partial charge in [0.2, 0.25) is 5.91 Å². The molecule has 2 heterocycles. The minimum absolute atomic E-state index is 0.123. The van der Waals surface area contributed by atoms with Crippen LogP contribution >= 0.6 is 11.3 Å². The van der Waals surface area contributed by atoms with Crippen molar-refractivity contribution in [3.63, 3.8) is 0 Å². The zero-order valence-electron chi connectivity index (χ0n) is 11.6. The Hall–Kier alpha value is -2.67. The summed E-state index contributed by atoms with van der Waals surface area (Å²) in [6, 6.07) is 13.2. The van der Waals surface area contributed by atoms with Gasteiger partial charge in [-0.2, -0.15) is 0 Å². The number of amides is 1. The van der Waals surface area contributed by atoms with Gasteiger partial charge in [0, 0.05) is 6.54 Å². The molecule has 0 fully saturated rings. The van der Waals surface area contributed by atoms with E-state index >= 15 is 0 Å². The lowest BCUT2D eigenvalue weighted by Gasteiger charge is -2.06. The fraction of sp³-hybridized carbons (Fsp3) is 0.133. The van der Waals surface area contributed by atoms with E-state index in [2.05, 4.69) is 15.0 Å². The third-order valence-corrected chi connectivity index (χ3v) is 3.93. The Bertz CT molecular complexity index is 806. The van der Waals surface area contributed by atoms with E-state index in [1.54, 1.807) is 0 Å². The number of hydrogen-bond donors (Lipinski definition) is 1. The predicted molar refractivity (Wildman–Crippen MR) is 82.4 cm³/mol. The number of aromatic nitrogens is 2. The molecule has 6 nitrogen and oxygen atoms in total. The minimum Gasteiger partial charge on any atom is -0.350 e. The Morgan fingerprint density at radius 3 is 2.77 bits per heavy atom. The van der Waals surface area contributed by atoms with Gasteiger partial charge in [-0.3, -0.25) is 9.32 Å². The summed E-state index contributed by atoms with van der Waals surface area (Å²) in [5, 5.41) is 8.38. The molecule has 0 saturated heterocycles. The maximum absolute atomic E-state index is 12.0. The first-order valence-corrected chi connectivity index (χ1v) is 7.53. The lowest BCUT2D eigenvalue weighted by Crippen LogP contribution is -2.30. The zero-order chi connectivity index (χ0) is 15.4. The van der Waals surface area contributed by atoms with Crippen molar-refractivity contribution in [2.75, 3.05) is 0 Å². The standard InChI is InChI=1S/C15H13N3O3S/c19-13(16-9-11-5-2-1-3-6-11)10-18-14(17-21-15(18)20)12-7-4-8-22-12/h1-8H,9-10H2,(H,16,19). The first kappa shape index (κ1) is 14.3. The second-order valence-electron chi connectivity index (χ2n) is 4.60. The average molecular weight is 315 g/mol. The Kier molecular flexibility index (Phi) is 4.15. The number of hydrogen-bond acceptors (Lipinski definition) is 5. The van der Waals surface area contributed by atoms with Crippen LogP contribution in [0.3, 0.4) is 0 Å². The van der Waals surface area contributed by atoms with Gasteiger partial charge in [-0.1, -0.05) is 41.6 Å². The normalized spacial score (nSPS) is 10.5. The molecule has 0 bridgehead atoms. The number of nitrogens with one attached hydrogen (secondary N) is 1. The number of carbonyl (C=O) groups is 1. The number of rotatable bonds is 5. The van der Waals surface area contributed by atoms with Crippen LogP contribution in [0.5, 0.6) is 0 Å². The van der Waals surface area contributed by atoms with Crippen LogP contribution in [0.2, 0.25) is 0 Å². The molecule has 1 amide bonds. The number of carbonyl (C=O) groups excluding carboxylic acids is 1. The van der Waals surface area contributed by atoms with Crippen molar-refractivity contribution in [2.24, 2.45) is 0 Å². The number of benzene rings is 1. The van der Waals surface area contributed by atoms with Crippen LogP contribution in [0.4, 0.5) is 0 Å². The van der Waals surface area contributed by atoms with Crippen molar-refractivity contribution in [1.82, 2.24) is 15.0 Å². The Balaban J connectivity index is 1.70. The van der Waals surface area contributed by atoms with Crippen molar-refractivity contribution in [2.45, 2.75) is 13.1 Å². The highest BCUT2D eigenvalue weighted by atomic mass is 32.1. The molecule has 3 rings (SSSR count). The van der Waals surface area contributed by atoms with E-state index in [1.807, 2.05) is 47.8 Å². The summed E-state index contributed by atoms with van der Waals surface area (Å²) in [4.78, 5) is 24.5. The van der Waals surface area contributed by atoms with Gasteiger partial charge in [0.05, 0.1) is 4.88 Å². The van der Waals surface area contributed by atoms with E-state index in [0.717, 1.165) is 10.4 Å². The van der Waals surface area contributed by atoms with Gasteiger partial charge in [-0.25, -0.2) is 9.36 Å². The van der Waals surface area contributed by atoms with Gasteiger partial charge in [0.15, 0.2) is 5.82 Å². The van der Waals surface area contributed by atoms with Crippen molar-refractivity contribution >= 4 is 17.2 Å². The topological polar surface area (TPSA) is 77.1 Å². The summed E-state index contributed by atoms with van der Waals surface area (Å²) in [6.45, 7) is 0.288. The summed E-state index contributed by atoms with van der Waals surface area (Å²) < 4.78 is 5.90. The third kappa shape index (κ3) is 3.15. The maximum atomic E-state index is 12.0. The van der Waals surface area contributed by atoms with Gasteiger partial charge in [-0.05, 0) is 17.0 Å². The molecular formula is C15H13N3O3S. The monoisotopic (exact) mass is 315 g/mol. The summed E-state index contributed by atoms with van der Waals surface area (Å²) in [6.07, 6.45) is 0. The lowest BCUT2D eigenvalue weighted by atomic mass is 10.2. The summed E-state index contributed by atoms with van der Waals surface area (Å²) in [5.41, 5.74) is 0.993. The predicted octanol–water partition coefficient (Wildman–Crippen LogP) is 1.88. The van der Waals surface area contributed by atoms with Crippen LogP contribution < -0.4 is 11.1 Å². The Morgan fingerprint density at radius 1 is 1.23 bits per heavy atom. The molecule has 0 aliphatic rings. The highest BCUT2D eigenvalue weighted by Crippen LogP contribution is 2.21. The molecule has 3 aromatic rings. The molecule has 0 unspecified atom stereocenters. The van der Waals surface area contributed by atoms with Crippen LogP contribution in [0.15, 0.2) is 57.2 Å². The van der Waals surface area contributed by atoms with Crippen LogP contribution in [0, 0.1) is 0 Å². The summed E-state index contributed by atoms with van der Waals surface area (Å²) in [7, 11) is 0. The fourth-order valence-corrected chi connectivity index (χ4v) is 2.70. The molecule has 22 heavy (non-hydrogen) atoms. The smallest absolute Gasteiger partial charge is 0.350 e. The maximum Gasteiger partial charge on any atom is 0.442 e. The SMILES string of the molecule is O=C(Cn1c(-c2cccs2)noc1=O)NCc1ccccc1. The zero-order valence-corrected chi connectivity index (χ0v) is 12.4. The Morgan fingerprint density at radius 2 is 2.05 bits per heavy atom. The van der Waals surface area contributed by atoms with Gasteiger partial charge in [-0.15, -0.1) is 11.3 Å². The highest BCUT2D eigenvalue weighted by molar-refractivity contribution is 7.13. The first-order valence-electron chi connectivity index (χ1n) is 6.65. The van der Waals surface area contributed by atoms with E-state index in [1.165, 1.54) is 15.9 Å². The number of nitrogens with zero attached hydrogens (tertiary/aromatic N) is 2. The molecule has 7 heteroatoms. The van der Waals surface area contributed by atoms with Crippen LogP contribution in [-0.4, -0.2) is 15.6 Å². The second kappa shape index (κ2) is 6.40. The van der Waals surface area contributed by atoms with Crippen LogP contribution in [-0.2, 0) is 17.9 Å². The van der Waals surface area contributed by atoms with Gasteiger partial charge in [0.1, 0.15) is 6.54 Å². The average Bonchev–Trinajstić information content (AvgIpc) is 3.17. The molecule has 0 spiro atoms. The van der Waals surface area contributed by atoms with E-state index in [4.69, 9.17) is 0 Å². The highest BCUT2D eigenvalue weighted by Gasteiger charge is 2.16. The van der Waals surface area contributed by atoms with Crippen molar-refractivity contribution < 1.29 is 9.32 Å². The minimum atomic E-state index is -0.640. The van der Waals surface area contributed by atoms with E-state index in [0.29, 0.717) is 12.4 Å². The molecular weight excluding hydrogens is 302 g/mol. The van der Waals surface area contributed by atoms with Crippen molar-refractivity contribution in [1.29, 1.82) is 0 Å². The molecule has 1 aromatic carbocycles. The van der Waals surface area contributed by atoms with E-state index in [9.17, 15) is 9.59 Å². The van der Waals surface area contributed by atoms with Crippen molar-refractivity contribution in [3.05, 3.63) is 64.0 Å². The quantitative estimate of drug-likeness (QED) is 0.780. The van der Waals surface area contributed by atoms with Gasteiger partial charge in [0.25, 0.3) is 0 Å². The lowest BCUT2D eigenvalue weighted by molar-refractivity contribution is -0.121. The van der Waals surface area contributed by atoms with E-state index in [-0.39, 0.29) is 12.5 Å². The van der Waals surface area contributed by atoms with E-state index < -0.39 is 5.76 Å². The van der Waals surface area contributed by atoms with Crippen molar-refractivity contribution in [3.8, 4) is 10.7 Å². The summed E-state index contributed by atoms with van der Waals surface area (Å²) >= 11 is 1.43. The second-order valence-corrected chi connectivity index (χ2v) is 5.55. The Labute approximate surface area is 130 Å². The molecule has 2 aromatic heterocycles. The summed E-state index contributed by atoms with van der Waals surface area (Å²) in [5.74, 6) is -0.542. The molecule has 1 N–H and O–H groups in total. The molecule has 0 aliphatic heterocycles. The largest absolute Gasteiger partial charge is 0.442 e. The van der Waals surface area contributed by atoms with Gasteiger partial charge >= 0.3 is 5.76 Å². The number of thiophene rings is 1. The molecule has 0 saturated carbocycles. The first-order chi connectivity index (χ1) is 10.7. The molecule has 112 valence electrons. The molecule has 0 radical (unpaired) electrons. The molecule has 0 aliphatic carbocycles. The van der Waals surface area contributed by atoms with Gasteiger partial charge < -0.3 is 5.32 Å². The third-order valence-electron chi connectivity index (χ3n) is 3.06. The van der Waals surface area contributed by atoms with Crippen LogP contribution in [0.1, 0.15) is 5.56 Å². The van der Waals surface area contributed by atoms with Crippen LogP contribution in [0.25, 0.3) is 10.7 Å². The fourth-order valence-electron chi connectivity index (χ4n) is 1.99.